The number of nitriles is 1. The van der Waals surface area contributed by atoms with Crippen LogP contribution in [0.15, 0.2) is 48.0 Å². The van der Waals surface area contributed by atoms with E-state index in [9.17, 15) is 14.9 Å². The zero-order valence-electron chi connectivity index (χ0n) is 20.1. The van der Waals surface area contributed by atoms with E-state index in [2.05, 4.69) is 10.6 Å². The van der Waals surface area contributed by atoms with Gasteiger partial charge >= 0.3 is 0 Å². The molecule has 8 heteroatoms. The van der Waals surface area contributed by atoms with Crippen molar-refractivity contribution in [3.63, 3.8) is 0 Å². The Balaban J connectivity index is 1.67. The molecule has 1 aliphatic rings. The van der Waals surface area contributed by atoms with Crippen molar-refractivity contribution in [3.8, 4) is 23.3 Å². The monoisotopic (exact) mass is 477 g/mol. The average molecular weight is 478 g/mol. The van der Waals surface area contributed by atoms with Gasteiger partial charge in [0, 0.05) is 6.04 Å². The number of benzene rings is 2. The van der Waals surface area contributed by atoms with Gasteiger partial charge in [-0.2, -0.15) is 5.26 Å². The lowest BCUT2D eigenvalue weighted by Crippen LogP contribution is -2.36. The summed E-state index contributed by atoms with van der Waals surface area (Å²) in [5, 5.41) is 15.2. The topological polar surface area (TPSA) is 110 Å². The number of rotatable bonds is 10. The second kappa shape index (κ2) is 13.0. The summed E-state index contributed by atoms with van der Waals surface area (Å²) in [6.45, 7) is 1.98. The zero-order valence-corrected chi connectivity index (χ0v) is 20.1. The Bertz CT molecular complexity index is 1100. The number of carbonyl (C=O) groups excluding carboxylic acids is 2. The molecule has 1 saturated carbocycles. The lowest BCUT2D eigenvalue weighted by molar-refractivity contribution is -0.118. The molecular weight excluding hydrogens is 446 g/mol. The van der Waals surface area contributed by atoms with E-state index in [4.69, 9.17) is 14.2 Å². The number of hydrogen-bond acceptors (Lipinski definition) is 6. The highest BCUT2D eigenvalue weighted by Crippen LogP contribution is 2.30. The van der Waals surface area contributed by atoms with Gasteiger partial charge in [0.2, 0.25) is 0 Å². The summed E-state index contributed by atoms with van der Waals surface area (Å²) in [6, 6.07) is 14.2. The van der Waals surface area contributed by atoms with E-state index < -0.39 is 0 Å². The number of hydrogen-bond donors (Lipinski definition) is 2. The highest BCUT2D eigenvalue weighted by Gasteiger charge is 2.18. The molecule has 0 unspecified atom stereocenters. The number of nitrogens with zero attached hydrogens (tertiary/aromatic N) is 1. The number of nitrogens with one attached hydrogen (secondary N) is 2. The van der Waals surface area contributed by atoms with Crippen molar-refractivity contribution >= 4 is 23.6 Å². The number of methoxy groups -OCH3 is 1. The summed E-state index contributed by atoms with van der Waals surface area (Å²) in [6.07, 6.45) is 6.77. The maximum atomic E-state index is 12.6. The third kappa shape index (κ3) is 7.51. The van der Waals surface area contributed by atoms with Crippen LogP contribution in [0.5, 0.6) is 17.2 Å². The van der Waals surface area contributed by atoms with E-state index in [1.165, 1.54) is 19.6 Å². The molecule has 2 aromatic rings. The fraction of sp³-hybridized carbons (Fsp3) is 0.370. The van der Waals surface area contributed by atoms with Gasteiger partial charge in [-0.3, -0.25) is 9.59 Å². The molecule has 2 aromatic carbocycles. The third-order valence-corrected chi connectivity index (χ3v) is 5.62. The first-order chi connectivity index (χ1) is 17.0. The van der Waals surface area contributed by atoms with E-state index in [-0.39, 0.29) is 30.0 Å². The van der Waals surface area contributed by atoms with E-state index in [0.717, 1.165) is 25.7 Å². The van der Waals surface area contributed by atoms with Crippen molar-refractivity contribution in [1.29, 1.82) is 5.26 Å². The SMILES string of the molecule is CCOc1cc(/C=C(/C#N)C(=O)NC2CCCCC2)ccc1OCC(=O)Nc1ccccc1OC. The first kappa shape index (κ1) is 25.6. The molecule has 0 saturated heterocycles. The van der Waals surface area contributed by atoms with Gasteiger partial charge in [0.25, 0.3) is 11.8 Å². The summed E-state index contributed by atoms with van der Waals surface area (Å²) in [7, 11) is 1.53. The molecule has 3 rings (SSSR count). The molecule has 35 heavy (non-hydrogen) atoms. The summed E-state index contributed by atoms with van der Waals surface area (Å²) in [5.41, 5.74) is 1.20. The van der Waals surface area contributed by atoms with Gasteiger partial charge in [-0.15, -0.1) is 0 Å². The van der Waals surface area contributed by atoms with Crippen molar-refractivity contribution in [2.75, 3.05) is 25.6 Å². The minimum Gasteiger partial charge on any atom is -0.495 e. The van der Waals surface area contributed by atoms with Gasteiger partial charge in [0.15, 0.2) is 18.1 Å². The lowest BCUT2D eigenvalue weighted by Gasteiger charge is -2.22. The van der Waals surface area contributed by atoms with E-state index in [0.29, 0.717) is 35.1 Å². The second-order valence-corrected chi connectivity index (χ2v) is 8.15. The number of amides is 2. The predicted octanol–water partition coefficient (Wildman–Crippen LogP) is 4.47. The zero-order chi connectivity index (χ0) is 25.0. The van der Waals surface area contributed by atoms with Crippen molar-refractivity contribution in [2.45, 2.75) is 45.1 Å². The standard InChI is InChI=1S/C27H31N3O5/c1-3-34-25-16-19(15-20(17-28)27(32)29-21-9-5-4-6-10-21)13-14-24(25)35-18-26(31)30-22-11-7-8-12-23(22)33-2/h7-8,11-16,21H,3-6,9-10,18H2,1-2H3,(H,29,32)(H,30,31)/b20-15-. The smallest absolute Gasteiger partial charge is 0.262 e. The highest BCUT2D eigenvalue weighted by molar-refractivity contribution is 6.01. The van der Waals surface area contributed by atoms with Crippen molar-refractivity contribution < 1.29 is 23.8 Å². The molecule has 0 bridgehead atoms. The van der Waals surface area contributed by atoms with Crippen LogP contribution in [0.2, 0.25) is 0 Å². The summed E-state index contributed by atoms with van der Waals surface area (Å²) < 4.78 is 16.6. The number of para-hydroxylation sites is 2. The van der Waals surface area contributed by atoms with Crippen LogP contribution in [0.1, 0.15) is 44.6 Å². The van der Waals surface area contributed by atoms with E-state index in [1.54, 1.807) is 36.4 Å². The van der Waals surface area contributed by atoms with Crippen molar-refractivity contribution in [2.24, 2.45) is 0 Å². The van der Waals surface area contributed by atoms with E-state index in [1.807, 2.05) is 19.1 Å². The van der Waals surface area contributed by atoms with Crippen LogP contribution in [0.3, 0.4) is 0 Å². The maximum absolute atomic E-state index is 12.6. The number of carbonyl (C=O) groups is 2. The molecular formula is C27H31N3O5. The fourth-order valence-electron chi connectivity index (χ4n) is 3.90. The second-order valence-electron chi connectivity index (χ2n) is 8.15. The predicted molar refractivity (Wildman–Crippen MR) is 133 cm³/mol. The first-order valence-corrected chi connectivity index (χ1v) is 11.8. The van der Waals surface area contributed by atoms with Gasteiger partial charge < -0.3 is 24.8 Å². The van der Waals surface area contributed by atoms with Gasteiger partial charge in [0.1, 0.15) is 17.4 Å². The molecule has 0 aromatic heterocycles. The Morgan fingerprint density at radius 1 is 1.06 bits per heavy atom. The Labute approximate surface area is 205 Å². The Kier molecular flexibility index (Phi) is 9.55. The molecule has 0 spiro atoms. The molecule has 1 aliphatic carbocycles. The van der Waals surface area contributed by atoms with Crippen LogP contribution < -0.4 is 24.8 Å². The third-order valence-electron chi connectivity index (χ3n) is 5.62. The normalized spacial score (nSPS) is 13.9. The highest BCUT2D eigenvalue weighted by atomic mass is 16.5. The first-order valence-electron chi connectivity index (χ1n) is 11.8. The van der Waals surface area contributed by atoms with Gasteiger partial charge in [0.05, 0.1) is 19.4 Å². The Morgan fingerprint density at radius 2 is 1.83 bits per heavy atom. The minimum atomic E-state index is -0.370. The Hall–Kier alpha value is -3.99. The number of anilines is 1. The van der Waals surface area contributed by atoms with Crippen molar-refractivity contribution in [1.82, 2.24) is 5.32 Å². The maximum Gasteiger partial charge on any atom is 0.262 e. The van der Waals surface area contributed by atoms with Crippen LogP contribution >= 0.6 is 0 Å². The van der Waals surface area contributed by atoms with Crippen LogP contribution in [-0.4, -0.2) is 38.2 Å². The van der Waals surface area contributed by atoms with Crippen LogP contribution in [0.4, 0.5) is 5.69 Å². The molecule has 2 N–H and O–H groups in total. The number of ether oxygens (including phenoxy) is 3. The largest absolute Gasteiger partial charge is 0.495 e. The fourth-order valence-corrected chi connectivity index (χ4v) is 3.90. The molecule has 0 aliphatic heterocycles. The summed E-state index contributed by atoms with van der Waals surface area (Å²) in [4.78, 5) is 25.0. The van der Waals surface area contributed by atoms with Crippen LogP contribution in [0, 0.1) is 11.3 Å². The Morgan fingerprint density at radius 3 is 2.54 bits per heavy atom. The molecule has 184 valence electrons. The lowest BCUT2D eigenvalue weighted by atomic mass is 9.95. The molecule has 0 radical (unpaired) electrons. The molecule has 2 amide bonds. The molecule has 8 nitrogen and oxygen atoms in total. The van der Waals surface area contributed by atoms with Crippen molar-refractivity contribution in [3.05, 3.63) is 53.6 Å². The molecule has 0 atom stereocenters. The van der Waals surface area contributed by atoms with Gasteiger partial charge in [-0.25, -0.2) is 0 Å². The van der Waals surface area contributed by atoms with Crippen LogP contribution in [-0.2, 0) is 9.59 Å². The van der Waals surface area contributed by atoms with Gasteiger partial charge in [-0.05, 0) is 55.7 Å². The van der Waals surface area contributed by atoms with Crippen LogP contribution in [0.25, 0.3) is 6.08 Å². The summed E-state index contributed by atoms with van der Waals surface area (Å²) in [5.74, 6) is 0.617. The van der Waals surface area contributed by atoms with Gasteiger partial charge in [-0.1, -0.05) is 37.5 Å². The minimum absolute atomic E-state index is 0.0304. The average Bonchev–Trinajstić information content (AvgIpc) is 2.87. The van der Waals surface area contributed by atoms with E-state index >= 15 is 0 Å². The molecule has 1 fully saturated rings. The summed E-state index contributed by atoms with van der Waals surface area (Å²) >= 11 is 0. The quantitative estimate of drug-likeness (QED) is 0.386. The molecule has 0 heterocycles.